The molecule has 3 aromatic carbocycles. The summed E-state index contributed by atoms with van der Waals surface area (Å²) in [6, 6.07) is 24.7. The van der Waals surface area contributed by atoms with Gasteiger partial charge in [-0.3, -0.25) is 4.79 Å². The molecule has 4 aromatic rings. The van der Waals surface area contributed by atoms with Crippen molar-refractivity contribution in [1.29, 1.82) is 0 Å². The zero-order chi connectivity index (χ0) is 21.5. The molecule has 0 atom stereocenters. The molecule has 1 heterocycles. The first-order valence-corrected chi connectivity index (χ1v) is 10.6. The highest BCUT2D eigenvalue weighted by atomic mass is 32.2. The lowest BCUT2D eigenvalue weighted by Crippen LogP contribution is -2.15. The molecule has 31 heavy (non-hydrogen) atoms. The van der Waals surface area contributed by atoms with E-state index in [0.29, 0.717) is 17.3 Å². The van der Waals surface area contributed by atoms with Crippen molar-refractivity contribution in [2.24, 2.45) is 0 Å². The Morgan fingerprint density at radius 3 is 2.45 bits per heavy atom. The lowest BCUT2D eigenvalue weighted by molar-refractivity contribution is 0.102. The van der Waals surface area contributed by atoms with Crippen molar-refractivity contribution in [2.75, 3.05) is 5.32 Å². The summed E-state index contributed by atoms with van der Waals surface area (Å²) in [5.41, 5.74) is 3.15. The van der Waals surface area contributed by atoms with Crippen LogP contribution >= 0.6 is 11.8 Å². The van der Waals surface area contributed by atoms with E-state index >= 15 is 0 Å². The van der Waals surface area contributed by atoms with Crippen LogP contribution in [0.4, 0.5) is 5.69 Å². The molecule has 0 aliphatic carbocycles. The first-order chi connectivity index (χ1) is 15.2. The van der Waals surface area contributed by atoms with Gasteiger partial charge in [0.05, 0.1) is 0 Å². The van der Waals surface area contributed by atoms with Gasteiger partial charge < -0.3 is 10.1 Å². The minimum atomic E-state index is -0.165. The van der Waals surface area contributed by atoms with E-state index in [2.05, 4.69) is 15.3 Å². The van der Waals surface area contributed by atoms with Crippen molar-refractivity contribution in [1.82, 2.24) is 9.97 Å². The Kier molecular flexibility index (Phi) is 6.59. The number of benzene rings is 3. The minimum absolute atomic E-state index is 0.165. The third kappa shape index (κ3) is 5.49. The van der Waals surface area contributed by atoms with E-state index in [0.717, 1.165) is 27.5 Å². The fraction of sp³-hybridized carbons (Fsp3) is 0.0800. The van der Waals surface area contributed by atoms with Crippen LogP contribution in [-0.4, -0.2) is 15.9 Å². The maximum atomic E-state index is 13.0. The maximum Gasteiger partial charge on any atom is 0.256 e. The molecular weight excluding hydrogens is 406 g/mol. The number of anilines is 1. The monoisotopic (exact) mass is 427 g/mol. The number of hydrogen-bond donors (Lipinski definition) is 1. The van der Waals surface area contributed by atoms with Gasteiger partial charge in [-0.2, -0.15) is 0 Å². The number of nitrogens with zero attached hydrogens (tertiary/aromatic N) is 2. The summed E-state index contributed by atoms with van der Waals surface area (Å²) in [7, 11) is 0. The van der Waals surface area contributed by atoms with Gasteiger partial charge in [0.25, 0.3) is 5.91 Å². The average molecular weight is 428 g/mol. The maximum absolute atomic E-state index is 13.0. The molecule has 1 aromatic heterocycles. The van der Waals surface area contributed by atoms with Crippen LogP contribution in [-0.2, 0) is 6.61 Å². The number of aryl methyl sites for hydroxylation is 1. The Labute approximate surface area is 185 Å². The van der Waals surface area contributed by atoms with Crippen molar-refractivity contribution in [3.05, 3.63) is 108 Å². The predicted octanol–water partition coefficient (Wildman–Crippen LogP) is 5.77. The summed E-state index contributed by atoms with van der Waals surface area (Å²) >= 11 is 1.48. The molecule has 1 amide bonds. The SMILES string of the molecule is Cc1cc(Sc2ncccn2)ccc1NC(=O)c1ccccc1COc1ccccc1. The number of ether oxygens (including phenoxy) is 1. The summed E-state index contributed by atoms with van der Waals surface area (Å²) in [6.07, 6.45) is 3.44. The second-order valence-electron chi connectivity index (χ2n) is 6.82. The van der Waals surface area contributed by atoms with E-state index in [1.165, 1.54) is 11.8 Å². The number of nitrogens with one attached hydrogen (secondary N) is 1. The summed E-state index contributed by atoms with van der Waals surface area (Å²) in [5.74, 6) is 0.603. The van der Waals surface area contributed by atoms with Gasteiger partial charge in [0.15, 0.2) is 5.16 Å². The van der Waals surface area contributed by atoms with Gasteiger partial charge in [0.1, 0.15) is 12.4 Å². The van der Waals surface area contributed by atoms with Crippen LogP contribution in [0.5, 0.6) is 5.75 Å². The quantitative estimate of drug-likeness (QED) is 0.380. The Morgan fingerprint density at radius 1 is 0.935 bits per heavy atom. The zero-order valence-electron chi connectivity index (χ0n) is 17.0. The number of aromatic nitrogens is 2. The molecule has 1 N–H and O–H groups in total. The smallest absolute Gasteiger partial charge is 0.256 e. The van der Waals surface area contributed by atoms with Gasteiger partial charge in [-0.05, 0) is 66.7 Å². The number of para-hydroxylation sites is 1. The molecule has 154 valence electrons. The summed E-state index contributed by atoms with van der Waals surface area (Å²) in [6.45, 7) is 2.29. The molecule has 6 heteroatoms. The number of rotatable bonds is 7. The Balaban J connectivity index is 1.46. The standard InChI is InChI=1S/C25H21N3O2S/c1-18-16-21(31-25-26-14-7-15-27-25)12-13-23(18)28-24(29)22-11-6-5-8-19(22)17-30-20-9-3-2-4-10-20/h2-16H,17H2,1H3,(H,28,29). The number of carbonyl (C=O) groups excluding carboxylic acids is 1. The van der Waals surface area contributed by atoms with Crippen LogP contribution in [0.2, 0.25) is 0 Å². The minimum Gasteiger partial charge on any atom is -0.489 e. The number of amides is 1. The number of hydrogen-bond acceptors (Lipinski definition) is 5. The highest BCUT2D eigenvalue weighted by Gasteiger charge is 2.13. The summed E-state index contributed by atoms with van der Waals surface area (Å²) < 4.78 is 5.83. The van der Waals surface area contributed by atoms with Gasteiger partial charge in [0.2, 0.25) is 0 Å². The largest absolute Gasteiger partial charge is 0.489 e. The fourth-order valence-corrected chi connectivity index (χ4v) is 3.83. The van der Waals surface area contributed by atoms with Crippen molar-refractivity contribution in [3.63, 3.8) is 0 Å². The van der Waals surface area contributed by atoms with Gasteiger partial charge in [-0.25, -0.2) is 9.97 Å². The first kappa shape index (κ1) is 20.6. The fourth-order valence-electron chi connectivity index (χ4n) is 3.02. The van der Waals surface area contributed by atoms with Crippen molar-refractivity contribution in [2.45, 2.75) is 23.6 Å². The van der Waals surface area contributed by atoms with Gasteiger partial charge in [0, 0.05) is 34.1 Å². The van der Waals surface area contributed by atoms with E-state index in [1.54, 1.807) is 18.5 Å². The van der Waals surface area contributed by atoms with E-state index < -0.39 is 0 Å². The van der Waals surface area contributed by atoms with Crippen LogP contribution in [0.15, 0.2) is 101 Å². The van der Waals surface area contributed by atoms with E-state index in [-0.39, 0.29) is 5.91 Å². The molecule has 0 aliphatic heterocycles. The molecule has 0 unspecified atom stereocenters. The molecule has 0 saturated heterocycles. The zero-order valence-corrected chi connectivity index (χ0v) is 17.8. The second-order valence-corrected chi connectivity index (χ2v) is 7.86. The molecule has 4 rings (SSSR count). The highest BCUT2D eigenvalue weighted by Crippen LogP contribution is 2.28. The molecule has 0 bridgehead atoms. The normalized spacial score (nSPS) is 10.5. The molecule has 0 fully saturated rings. The van der Waals surface area contributed by atoms with Crippen LogP contribution < -0.4 is 10.1 Å². The van der Waals surface area contributed by atoms with Crippen molar-refractivity contribution >= 4 is 23.4 Å². The first-order valence-electron chi connectivity index (χ1n) is 9.82. The van der Waals surface area contributed by atoms with Gasteiger partial charge in [-0.15, -0.1) is 0 Å². The van der Waals surface area contributed by atoms with Crippen molar-refractivity contribution in [3.8, 4) is 5.75 Å². The molecule has 0 saturated carbocycles. The third-order valence-corrected chi connectivity index (χ3v) is 5.48. The summed E-state index contributed by atoms with van der Waals surface area (Å²) in [4.78, 5) is 22.5. The topological polar surface area (TPSA) is 64.1 Å². The third-order valence-electron chi connectivity index (χ3n) is 4.60. The second kappa shape index (κ2) is 9.91. The highest BCUT2D eigenvalue weighted by molar-refractivity contribution is 7.99. The van der Waals surface area contributed by atoms with E-state index in [1.807, 2.05) is 79.7 Å². The lowest BCUT2D eigenvalue weighted by Gasteiger charge is -2.13. The average Bonchev–Trinajstić information content (AvgIpc) is 2.81. The van der Waals surface area contributed by atoms with Crippen LogP contribution in [0, 0.1) is 6.92 Å². The van der Waals surface area contributed by atoms with Gasteiger partial charge in [-0.1, -0.05) is 36.4 Å². The summed E-state index contributed by atoms with van der Waals surface area (Å²) in [5, 5.41) is 3.71. The van der Waals surface area contributed by atoms with E-state index in [9.17, 15) is 4.79 Å². The lowest BCUT2D eigenvalue weighted by atomic mass is 10.1. The van der Waals surface area contributed by atoms with E-state index in [4.69, 9.17) is 4.74 Å². The van der Waals surface area contributed by atoms with Crippen LogP contribution in [0.1, 0.15) is 21.5 Å². The Morgan fingerprint density at radius 2 is 1.68 bits per heavy atom. The molecule has 5 nitrogen and oxygen atoms in total. The molecular formula is C25H21N3O2S. The predicted molar refractivity (Wildman–Crippen MR) is 123 cm³/mol. The molecule has 0 aliphatic rings. The number of carbonyl (C=O) groups is 1. The van der Waals surface area contributed by atoms with Crippen LogP contribution in [0.25, 0.3) is 0 Å². The van der Waals surface area contributed by atoms with Crippen molar-refractivity contribution < 1.29 is 9.53 Å². The van der Waals surface area contributed by atoms with Gasteiger partial charge >= 0.3 is 0 Å². The Hall–Kier alpha value is -3.64. The molecule has 0 radical (unpaired) electrons. The Bertz CT molecular complexity index is 1170. The molecule has 0 spiro atoms. The van der Waals surface area contributed by atoms with Crippen LogP contribution in [0.3, 0.4) is 0 Å².